The maximum atomic E-state index is 9.78. The average molecular weight is 134 g/mol. The first-order chi connectivity index (χ1) is 2.77. The van der Waals surface area contributed by atoms with Crippen LogP contribution in [0.15, 0.2) is 0 Å². The third-order valence-corrected chi connectivity index (χ3v) is 1.39. The maximum Gasteiger partial charge on any atom is 0.316 e. The Bertz CT molecular complexity index is 56.9. The molecule has 0 spiro atoms. The molecule has 0 radical (unpaired) electrons. The Morgan fingerprint density at radius 1 is 1.71 bits per heavy atom. The first kappa shape index (κ1) is 10.9. The number of hydrogen-bond donors (Lipinski definition) is 1. The van der Waals surface area contributed by atoms with Gasteiger partial charge in [0, 0.05) is 6.16 Å². The van der Waals surface area contributed by atoms with Crippen LogP contribution < -0.4 is 0 Å². The van der Waals surface area contributed by atoms with Crippen molar-refractivity contribution in [1.82, 2.24) is 0 Å². The zero-order valence-electron chi connectivity index (χ0n) is 3.77. The van der Waals surface area contributed by atoms with Crippen molar-refractivity contribution in [1.29, 1.82) is 0 Å². The molecule has 0 amide bonds. The summed E-state index contributed by atoms with van der Waals surface area (Å²) in [5.74, 6) is 0. The van der Waals surface area contributed by atoms with Gasteiger partial charge in [0.2, 0.25) is 0 Å². The van der Waals surface area contributed by atoms with E-state index in [-0.39, 0.29) is 23.1 Å². The van der Waals surface area contributed by atoms with Gasteiger partial charge in [-0.15, -0.1) is 0 Å². The van der Waals surface area contributed by atoms with Crippen LogP contribution in [0.4, 0.5) is 0 Å². The van der Waals surface area contributed by atoms with Crippen LogP contribution in [0.1, 0.15) is 13.3 Å². The average Bonchev–Trinajstić information content (AvgIpc) is 1.35. The van der Waals surface area contributed by atoms with Gasteiger partial charge in [0.1, 0.15) is 0 Å². The largest absolute Gasteiger partial charge is 0.346 e. The van der Waals surface area contributed by atoms with Crippen LogP contribution in [0.3, 0.4) is 0 Å². The lowest BCUT2D eigenvalue weighted by Crippen LogP contribution is -1.67. The Hall–Kier alpha value is 0.956. The standard InChI is InChI=1S/C3H9O2P.Mg.2H/c1-2-3-6(4)5;;;/h6H,2-3H2,1H3,(H,4,5);;;. The second-order valence-corrected chi connectivity index (χ2v) is 2.43. The quantitative estimate of drug-likeness (QED) is 0.425. The molecule has 2 nitrogen and oxygen atoms in total. The van der Waals surface area contributed by atoms with Crippen molar-refractivity contribution in [2.24, 2.45) is 0 Å². The predicted molar refractivity (Wildman–Crippen MR) is 34.9 cm³/mol. The monoisotopic (exact) mass is 134 g/mol. The van der Waals surface area contributed by atoms with Crippen molar-refractivity contribution in [2.45, 2.75) is 13.3 Å². The Morgan fingerprint density at radius 2 is 2.14 bits per heavy atom. The summed E-state index contributed by atoms with van der Waals surface area (Å²) in [6.45, 7) is 1.89. The van der Waals surface area contributed by atoms with Crippen LogP contribution >= 0.6 is 8.03 Å². The van der Waals surface area contributed by atoms with Gasteiger partial charge in [-0.25, -0.2) is 0 Å². The summed E-state index contributed by atoms with van der Waals surface area (Å²) in [5, 5.41) is 0. The van der Waals surface area contributed by atoms with E-state index < -0.39 is 8.03 Å². The first-order valence-electron chi connectivity index (χ1n) is 1.99. The molecule has 0 aliphatic rings. The van der Waals surface area contributed by atoms with E-state index >= 15 is 0 Å². The van der Waals surface area contributed by atoms with Crippen LogP contribution in [0.25, 0.3) is 0 Å². The molecule has 0 heterocycles. The second kappa shape index (κ2) is 6.96. The van der Waals surface area contributed by atoms with Gasteiger partial charge in [0.15, 0.2) is 8.03 Å². The topological polar surface area (TPSA) is 37.3 Å². The van der Waals surface area contributed by atoms with E-state index in [2.05, 4.69) is 0 Å². The van der Waals surface area contributed by atoms with E-state index in [1.54, 1.807) is 0 Å². The van der Waals surface area contributed by atoms with Crippen molar-refractivity contribution < 1.29 is 9.46 Å². The molecule has 0 fully saturated rings. The van der Waals surface area contributed by atoms with Crippen molar-refractivity contribution >= 4 is 31.1 Å². The minimum Gasteiger partial charge on any atom is -0.346 e. The molecular weight excluding hydrogens is 123 g/mol. The van der Waals surface area contributed by atoms with E-state index in [1.165, 1.54) is 0 Å². The molecule has 1 unspecified atom stereocenters. The third kappa shape index (κ3) is 10.9. The SMILES string of the molecule is CCC[PH](=O)O.[MgH2]. The van der Waals surface area contributed by atoms with Crippen molar-refractivity contribution in [3.05, 3.63) is 0 Å². The van der Waals surface area contributed by atoms with E-state index in [0.29, 0.717) is 6.16 Å². The normalized spacial score (nSPS) is 12.3. The molecule has 0 bridgehead atoms. The van der Waals surface area contributed by atoms with Gasteiger partial charge >= 0.3 is 23.1 Å². The van der Waals surface area contributed by atoms with Crippen LogP contribution in [-0.2, 0) is 4.57 Å². The summed E-state index contributed by atoms with van der Waals surface area (Å²) in [4.78, 5) is 8.10. The fraction of sp³-hybridized carbons (Fsp3) is 1.00. The Kier molecular flexibility index (Phi) is 10.8. The molecule has 0 rings (SSSR count). The van der Waals surface area contributed by atoms with Crippen LogP contribution in [-0.4, -0.2) is 34.1 Å². The smallest absolute Gasteiger partial charge is 0.316 e. The van der Waals surface area contributed by atoms with Gasteiger partial charge in [0.05, 0.1) is 0 Å². The molecule has 42 valence electrons. The summed E-state index contributed by atoms with van der Waals surface area (Å²) < 4.78 is 9.78. The van der Waals surface area contributed by atoms with E-state index in [0.717, 1.165) is 6.42 Å². The number of rotatable bonds is 2. The molecular formula is C3H11MgO2P. The highest BCUT2D eigenvalue weighted by Gasteiger charge is 1.83. The Balaban J connectivity index is 0. The van der Waals surface area contributed by atoms with Gasteiger partial charge in [-0.05, 0) is 6.42 Å². The molecule has 4 heteroatoms. The maximum absolute atomic E-state index is 9.78. The minimum absolute atomic E-state index is 0. The van der Waals surface area contributed by atoms with Crippen LogP contribution in [0, 0.1) is 0 Å². The van der Waals surface area contributed by atoms with Gasteiger partial charge in [-0.1, -0.05) is 6.92 Å². The highest BCUT2D eigenvalue weighted by Crippen LogP contribution is 2.12. The molecule has 7 heavy (non-hydrogen) atoms. The molecule has 0 aromatic heterocycles. The molecule has 1 atom stereocenters. The van der Waals surface area contributed by atoms with Crippen molar-refractivity contribution in [3.63, 3.8) is 0 Å². The lowest BCUT2D eigenvalue weighted by molar-refractivity contribution is 0.502. The van der Waals surface area contributed by atoms with Crippen LogP contribution in [0.5, 0.6) is 0 Å². The molecule has 0 aliphatic heterocycles. The summed E-state index contributed by atoms with van der Waals surface area (Å²) in [6.07, 6.45) is 1.29. The molecule has 0 saturated carbocycles. The first-order valence-corrected chi connectivity index (χ1v) is 3.55. The zero-order valence-corrected chi connectivity index (χ0v) is 4.77. The van der Waals surface area contributed by atoms with Crippen molar-refractivity contribution in [2.75, 3.05) is 6.16 Å². The van der Waals surface area contributed by atoms with Gasteiger partial charge < -0.3 is 4.89 Å². The fourth-order valence-electron chi connectivity index (χ4n) is 0.214. The third-order valence-electron chi connectivity index (χ3n) is 0.464. The lowest BCUT2D eigenvalue weighted by Gasteiger charge is -1.82. The molecule has 0 aromatic rings. The van der Waals surface area contributed by atoms with Gasteiger partial charge in [-0.2, -0.15) is 0 Å². The predicted octanol–water partition coefficient (Wildman–Crippen LogP) is -0.0528. The summed E-state index contributed by atoms with van der Waals surface area (Å²) in [6, 6.07) is 0. The highest BCUT2D eigenvalue weighted by atomic mass is 31.1. The number of hydrogen-bond acceptors (Lipinski definition) is 1. The molecule has 0 saturated heterocycles. The Labute approximate surface area is 60.3 Å². The van der Waals surface area contributed by atoms with E-state index in [1.807, 2.05) is 6.92 Å². The van der Waals surface area contributed by atoms with E-state index in [9.17, 15) is 4.57 Å². The summed E-state index contributed by atoms with van der Waals surface area (Å²) in [5.41, 5.74) is 0. The summed E-state index contributed by atoms with van der Waals surface area (Å²) >= 11 is 0. The Morgan fingerprint density at radius 3 is 2.14 bits per heavy atom. The fourth-order valence-corrected chi connectivity index (χ4v) is 0.642. The second-order valence-electron chi connectivity index (χ2n) is 1.14. The van der Waals surface area contributed by atoms with E-state index in [4.69, 9.17) is 4.89 Å². The highest BCUT2D eigenvalue weighted by molar-refractivity contribution is 7.37. The molecule has 0 aromatic carbocycles. The minimum atomic E-state index is -2.14. The molecule has 0 aliphatic carbocycles. The molecule has 1 N–H and O–H groups in total. The van der Waals surface area contributed by atoms with Gasteiger partial charge in [0.25, 0.3) is 0 Å². The van der Waals surface area contributed by atoms with Gasteiger partial charge in [-0.3, -0.25) is 4.57 Å². The lowest BCUT2D eigenvalue weighted by atomic mass is 10.6. The van der Waals surface area contributed by atoms with Crippen molar-refractivity contribution in [3.8, 4) is 0 Å². The summed E-state index contributed by atoms with van der Waals surface area (Å²) in [7, 11) is -2.14. The van der Waals surface area contributed by atoms with Crippen LogP contribution in [0.2, 0.25) is 0 Å². The zero-order chi connectivity index (χ0) is 4.99.